The van der Waals surface area contributed by atoms with E-state index >= 15 is 0 Å². The van der Waals surface area contributed by atoms with Crippen LogP contribution in [0.5, 0.6) is 0 Å². The molecule has 1 saturated heterocycles. The van der Waals surface area contributed by atoms with Crippen LogP contribution >= 0.6 is 0 Å². The molecule has 1 heterocycles. The molecule has 1 N–H and O–H groups in total. The van der Waals surface area contributed by atoms with Crippen LogP contribution in [0.15, 0.2) is 0 Å². The Morgan fingerprint density at radius 2 is 2.00 bits per heavy atom. The normalized spacial score (nSPS) is 39.6. The number of amides is 1. The van der Waals surface area contributed by atoms with Crippen molar-refractivity contribution in [1.29, 1.82) is 0 Å². The number of hydrogen-bond acceptors (Lipinski definition) is 2. The lowest BCUT2D eigenvalue weighted by Crippen LogP contribution is -2.44. The molecule has 2 saturated carbocycles. The van der Waals surface area contributed by atoms with Crippen LogP contribution < -0.4 is 5.32 Å². The van der Waals surface area contributed by atoms with E-state index in [1.165, 1.54) is 38.5 Å². The largest absolute Gasteiger partial charge is 0.322 e. The van der Waals surface area contributed by atoms with Crippen LogP contribution in [0.1, 0.15) is 59.3 Å². The Labute approximate surface area is 117 Å². The summed E-state index contributed by atoms with van der Waals surface area (Å²) in [4.78, 5) is 15.0. The first-order valence-corrected chi connectivity index (χ1v) is 8.21. The molecule has 0 aromatic rings. The molecule has 3 rings (SSSR count). The smallest absolute Gasteiger partial charge is 0.241 e. The first kappa shape index (κ1) is 13.4. The third-order valence-electron chi connectivity index (χ3n) is 5.45. The molecule has 3 fully saturated rings. The highest BCUT2D eigenvalue weighted by atomic mass is 16.2. The van der Waals surface area contributed by atoms with Gasteiger partial charge in [-0.1, -0.05) is 40.0 Å². The zero-order valence-corrected chi connectivity index (χ0v) is 12.6. The van der Waals surface area contributed by atoms with Gasteiger partial charge in [-0.25, -0.2) is 0 Å². The van der Waals surface area contributed by atoms with Crippen molar-refractivity contribution in [3.05, 3.63) is 0 Å². The summed E-state index contributed by atoms with van der Waals surface area (Å²) in [5.74, 6) is 2.25. The maximum Gasteiger partial charge on any atom is 0.241 e. The van der Waals surface area contributed by atoms with Crippen molar-refractivity contribution in [2.45, 2.75) is 77.5 Å². The lowest BCUT2D eigenvalue weighted by molar-refractivity contribution is -0.132. The Bertz CT molecular complexity index is 349. The Morgan fingerprint density at radius 1 is 1.32 bits per heavy atom. The minimum Gasteiger partial charge on any atom is -0.322 e. The topological polar surface area (TPSA) is 32.3 Å². The number of nitrogens with zero attached hydrogens (tertiary/aromatic N) is 1. The van der Waals surface area contributed by atoms with Crippen molar-refractivity contribution in [2.24, 2.45) is 17.8 Å². The summed E-state index contributed by atoms with van der Waals surface area (Å²) >= 11 is 0. The summed E-state index contributed by atoms with van der Waals surface area (Å²) in [5, 5.41) is 3.67. The fraction of sp³-hybridized carbons (Fsp3) is 0.938. The van der Waals surface area contributed by atoms with Crippen LogP contribution in [0.2, 0.25) is 0 Å². The van der Waals surface area contributed by atoms with Gasteiger partial charge in [-0.05, 0) is 37.0 Å². The van der Waals surface area contributed by atoms with Crippen molar-refractivity contribution < 1.29 is 4.79 Å². The molecular weight excluding hydrogens is 236 g/mol. The van der Waals surface area contributed by atoms with Crippen molar-refractivity contribution >= 4 is 5.91 Å². The molecule has 108 valence electrons. The molecule has 1 amide bonds. The summed E-state index contributed by atoms with van der Waals surface area (Å²) in [5.41, 5.74) is 0. The van der Waals surface area contributed by atoms with Crippen LogP contribution in [0, 0.1) is 17.8 Å². The van der Waals surface area contributed by atoms with Crippen LogP contribution in [-0.4, -0.2) is 29.1 Å². The molecule has 0 radical (unpaired) electrons. The summed E-state index contributed by atoms with van der Waals surface area (Å²) < 4.78 is 0. The Kier molecular flexibility index (Phi) is 3.59. The number of carbonyl (C=O) groups excluding carboxylic acids is 1. The monoisotopic (exact) mass is 264 g/mol. The van der Waals surface area contributed by atoms with E-state index in [4.69, 9.17) is 0 Å². The minimum atomic E-state index is 0.0590. The second-order valence-corrected chi connectivity index (χ2v) is 7.09. The fourth-order valence-electron chi connectivity index (χ4n) is 4.13. The van der Waals surface area contributed by atoms with E-state index in [9.17, 15) is 4.79 Å². The van der Waals surface area contributed by atoms with Gasteiger partial charge in [0.25, 0.3) is 0 Å². The van der Waals surface area contributed by atoms with Crippen molar-refractivity contribution in [3.8, 4) is 0 Å². The summed E-state index contributed by atoms with van der Waals surface area (Å²) in [6.45, 7) is 6.58. The quantitative estimate of drug-likeness (QED) is 0.847. The molecule has 0 aromatic heterocycles. The van der Waals surface area contributed by atoms with E-state index in [0.717, 1.165) is 5.92 Å². The molecule has 3 aliphatic rings. The molecule has 3 heteroatoms. The molecule has 0 aromatic carbocycles. The van der Waals surface area contributed by atoms with Crippen LogP contribution in [0.4, 0.5) is 0 Å². The van der Waals surface area contributed by atoms with Crippen LogP contribution in [0.25, 0.3) is 0 Å². The highest BCUT2D eigenvalue weighted by Crippen LogP contribution is 2.44. The second-order valence-electron chi connectivity index (χ2n) is 7.09. The van der Waals surface area contributed by atoms with Gasteiger partial charge < -0.3 is 4.90 Å². The zero-order chi connectivity index (χ0) is 13.6. The molecular formula is C16H28N2O. The lowest BCUT2D eigenvalue weighted by Gasteiger charge is -2.29. The maximum atomic E-state index is 12.7. The Hall–Kier alpha value is -0.570. The van der Waals surface area contributed by atoms with E-state index in [0.29, 0.717) is 30.0 Å². The molecule has 2 aliphatic carbocycles. The highest BCUT2D eigenvalue weighted by molar-refractivity contribution is 5.85. The van der Waals surface area contributed by atoms with Gasteiger partial charge in [0.15, 0.2) is 0 Å². The van der Waals surface area contributed by atoms with Gasteiger partial charge in [-0.15, -0.1) is 0 Å². The van der Waals surface area contributed by atoms with Crippen LogP contribution in [0.3, 0.4) is 0 Å². The molecule has 1 aliphatic heterocycles. The van der Waals surface area contributed by atoms with E-state index in [-0.39, 0.29) is 6.04 Å². The van der Waals surface area contributed by atoms with Crippen LogP contribution in [-0.2, 0) is 4.79 Å². The molecule has 4 atom stereocenters. The van der Waals surface area contributed by atoms with E-state index in [1.54, 1.807) is 0 Å². The minimum absolute atomic E-state index is 0.0590. The molecule has 19 heavy (non-hydrogen) atoms. The Balaban J connectivity index is 1.77. The summed E-state index contributed by atoms with van der Waals surface area (Å²) in [7, 11) is 0. The third-order valence-corrected chi connectivity index (χ3v) is 5.45. The summed E-state index contributed by atoms with van der Waals surface area (Å²) in [6, 6.07) is 0.600. The van der Waals surface area contributed by atoms with Gasteiger partial charge in [0.05, 0.1) is 12.2 Å². The molecule has 0 bridgehead atoms. The van der Waals surface area contributed by atoms with E-state index in [1.807, 2.05) is 0 Å². The van der Waals surface area contributed by atoms with Gasteiger partial charge in [0.2, 0.25) is 5.91 Å². The predicted molar refractivity (Wildman–Crippen MR) is 76.5 cm³/mol. The van der Waals surface area contributed by atoms with E-state index in [2.05, 4.69) is 31.0 Å². The third kappa shape index (κ3) is 2.31. The fourth-order valence-corrected chi connectivity index (χ4v) is 4.13. The average molecular weight is 264 g/mol. The van der Waals surface area contributed by atoms with Gasteiger partial charge in [0.1, 0.15) is 0 Å². The maximum absolute atomic E-state index is 12.7. The summed E-state index contributed by atoms with van der Waals surface area (Å²) in [6.07, 6.45) is 8.09. The molecule has 3 nitrogen and oxygen atoms in total. The van der Waals surface area contributed by atoms with Gasteiger partial charge in [-0.2, -0.15) is 0 Å². The van der Waals surface area contributed by atoms with Crippen molar-refractivity contribution in [3.63, 3.8) is 0 Å². The number of carbonyl (C=O) groups is 1. The molecule has 4 unspecified atom stereocenters. The predicted octanol–water partition coefficient (Wildman–Crippen LogP) is 2.76. The average Bonchev–Trinajstić information content (AvgIpc) is 2.82. The van der Waals surface area contributed by atoms with E-state index < -0.39 is 0 Å². The van der Waals surface area contributed by atoms with Crippen molar-refractivity contribution in [2.75, 3.05) is 0 Å². The van der Waals surface area contributed by atoms with Crippen molar-refractivity contribution in [1.82, 2.24) is 10.2 Å². The van der Waals surface area contributed by atoms with Gasteiger partial charge >= 0.3 is 0 Å². The van der Waals surface area contributed by atoms with Gasteiger partial charge in [0, 0.05) is 6.04 Å². The Morgan fingerprint density at radius 3 is 2.53 bits per heavy atom. The first-order chi connectivity index (χ1) is 9.13. The molecule has 0 spiro atoms. The number of hydrogen-bond donors (Lipinski definition) is 1. The SMILES string of the molecule is CCC1CC1N1C(=O)C(C(C)C)NC1C1CCCC1. The first-order valence-electron chi connectivity index (χ1n) is 8.21. The number of rotatable bonds is 4. The standard InChI is InChI=1S/C16H28N2O/c1-4-11-9-13(11)18-15(12-7-5-6-8-12)17-14(10(2)3)16(18)19/h10-15,17H,4-9H2,1-3H3. The lowest BCUT2D eigenvalue weighted by atomic mass is 10.0. The second kappa shape index (κ2) is 5.08. The number of nitrogens with one attached hydrogen (secondary N) is 1. The zero-order valence-electron chi connectivity index (χ0n) is 12.6. The van der Waals surface area contributed by atoms with Gasteiger partial charge in [-0.3, -0.25) is 10.1 Å². The highest BCUT2D eigenvalue weighted by Gasteiger charge is 2.53.